The Bertz CT molecular complexity index is 185. The lowest BCUT2D eigenvalue weighted by Crippen LogP contribution is -2.57. The van der Waals surface area contributed by atoms with Crippen molar-refractivity contribution >= 4 is 8.07 Å². The van der Waals surface area contributed by atoms with Crippen molar-refractivity contribution in [2.45, 2.75) is 83.2 Å². The van der Waals surface area contributed by atoms with Crippen molar-refractivity contribution < 1.29 is 4.74 Å². The topological polar surface area (TPSA) is 9.23 Å². The molecule has 1 atom stereocenters. The maximum absolute atomic E-state index is 6.34. The van der Waals surface area contributed by atoms with E-state index in [0.717, 1.165) is 6.61 Å². The summed E-state index contributed by atoms with van der Waals surface area (Å²) in [6.45, 7) is 10.6. The van der Waals surface area contributed by atoms with Gasteiger partial charge in [-0.1, -0.05) is 58.7 Å². The van der Waals surface area contributed by atoms with Crippen LogP contribution in [0, 0.1) is 0 Å². The molecule has 0 spiro atoms. The Kier molecular flexibility index (Phi) is 5.52. The lowest BCUT2D eigenvalue weighted by Gasteiger charge is -2.46. The zero-order valence-electron chi connectivity index (χ0n) is 11.8. The summed E-state index contributed by atoms with van der Waals surface area (Å²) < 4.78 is 6.34. The molecule has 16 heavy (non-hydrogen) atoms. The van der Waals surface area contributed by atoms with E-state index in [9.17, 15) is 0 Å². The molecule has 96 valence electrons. The summed E-state index contributed by atoms with van der Waals surface area (Å²) in [5, 5.41) is 0.348. The minimum atomic E-state index is -1.19. The second-order valence-corrected chi connectivity index (χ2v) is 11.0. The van der Waals surface area contributed by atoms with Crippen molar-refractivity contribution in [1.82, 2.24) is 0 Å². The number of ether oxygens (including phenoxy) is 1. The molecule has 0 radical (unpaired) electrons. The molecule has 0 N–H and O–H groups in total. The lowest BCUT2D eigenvalue weighted by atomic mass is 10.1. The molecule has 1 aliphatic heterocycles. The van der Waals surface area contributed by atoms with Crippen molar-refractivity contribution in [3.05, 3.63) is 0 Å². The summed E-state index contributed by atoms with van der Waals surface area (Å²) in [5.41, 5.74) is 0. The first-order valence-corrected chi connectivity index (χ1v) is 9.96. The number of hydrogen-bond donors (Lipinski definition) is 0. The van der Waals surface area contributed by atoms with Crippen LogP contribution in [0.1, 0.15) is 59.8 Å². The van der Waals surface area contributed by atoms with E-state index < -0.39 is 8.07 Å². The van der Waals surface area contributed by atoms with Gasteiger partial charge in [0.25, 0.3) is 0 Å². The maximum Gasteiger partial charge on any atom is 0.0907 e. The molecular weight excluding hydrogens is 212 g/mol. The van der Waals surface area contributed by atoms with Crippen LogP contribution in [-0.4, -0.2) is 19.9 Å². The smallest absolute Gasteiger partial charge is 0.0907 e. The van der Waals surface area contributed by atoms with Crippen LogP contribution in [-0.2, 0) is 4.74 Å². The Morgan fingerprint density at radius 1 is 1.06 bits per heavy atom. The van der Waals surface area contributed by atoms with Crippen LogP contribution in [0.4, 0.5) is 0 Å². The highest BCUT2D eigenvalue weighted by Gasteiger charge is 2.51. The van der Waals surface area contributed by atoms with E-state index in [1.54, 1.807) is 0 Å². The largest absolute Gasteiger partial charge is 0.378 e. The highest BCUT2D eigenvalue weighted by atomic mass is 28.3. The Hall–Kier alpha value is 0.177. The molecule has 1 unspecified atom stereocenters. The van der Waals surface area contributed by atoms with Crippen molar-refractivity contribution in [3.63, 3.8) is 0 Å². The van der Waals surface area contributed by atoms with Gasteiger partial charge < -0.3 is 4.74 Å². The van der Waals surface area contributed by atoms with Crippen LogP contribution in [0.25, 0.3) is 0 Å². The van der Waals surface area contributed by atoms with E-state index >= 15 is 0 Å². The van der Waals surface area contributed by atoms with Gasteiger partial charge in [-0.05, 0) is 19.3 Å². The molecule has 0 aromatic rings. The number of rotatable bonds is 7. The third-order valence-corrected chi connectivity index (χ3v) is 11.7. The molecule has 1 heterocycles. The van der Waals surface area contributed by atoms with Gasteiger partial charge in [-0.2, -0.15) is 0 Å². The van der Waals surface area contributed by atoms with Gasteiger partial charge in [0, 0.05) is 6.61 Å². The zero-order chi connectivity index (χ0) is 12.1. The van der Waals surface area contributed by atoms with Crippen molar-refractivity contribution in [3.8, 4) is 0 Å². The van der Waals surface area contributed by atoms with Gasteiger partial charge in [0.15, 0.2) is 0 Å². The molecule has 2 heteroatoms. The molecule has 0 saturated carbocycles. The fourth-order valence-electron chi connectivity index (χ4n) is 3.76. The van der Waals surface area contributed by atoms with Crippen LogP contribution in [0.15, 0.2) is 0 Å². The first kappa shape index (κ1) is 14.2. The fourth-order valence-corrected chi connectivity index (χ4v) is 9.01. The molecule has 1 fully saturated rings. The average molecular weight is 242 g/mol. The first-order chi connectivity index (χ1) is 7.70. The normalized spacial score (nSPS) is 26.2. The molecular formula is C14H30OSi. The van der Waals surface area contributed by atoms with E-state index in [2.05, 4.69) is 27.7 Å². The van der Waals surface area contributed by atoms with Crippen LogP contribution in [0.5, 0.6) is 0 Å². The van der Waals surface area contributed by atoms with Crippen molar-refractivity contribution in [2.75, 3.05) is 6.61 Å². The standard InChI is InChI=1S/C14H30OSi/c1-5-9-11-14(12-10-13-15-14)16(6-2,7-3)8-4/h5-13H2,1-4H3. The Balaban J connectivity index is 2.88. The fraction of sp³-hybridized carbons (Fsp3) is 1.00. The van der Waals surface area contributed by atoms with Crippen molar-refractivity contribution in [1.29, 1.82) is 0 Å². The first-order valence-electron chi connectivity index (χ1n) is 7.34. The van der Waals surface area contributed by atoms with E-state index in [1.807, 2.05) is 0 Å². The Morgan fingerprint density at radius 2 is 1.69 bits per heavy atom. The third-order valence-electron chi connectivity index (χ3n) is 5.03. The highest BCUT2D eigenvalue weighted by Crippen LogP contribution is 2.44. The summed E-state index contributed by atoms with van der Waals surface area (Å²) in [4.78, 5) is 0. The summed E-state index contributed by atoms with van der Waals surface area (Å²) in [7, 11) is -1.19. The second-order valence-electron chi connectivity index (χ2n) is 5.39. The molecule has 0 bridgehead atoms. The third kappa shape index (κ3) is 2.38. The average Bonchev–Trinajstić information content (AvgIpc) is 2.80. The summed E-state index contributed by atoms with van der Waals surface area (Å²) in [5.74, 6) is 0. The molecule has 0 aliphatic carbocycles. The van der Waals surface area contributed by atoms with Crippen molar-refractivity contribution in [2.24, 2.45) is 0 Å². The zero-order valence-corrected chi connectivity index (χ0v) is 12.8. The summed E-state index contributed by atoms with van der Waals surface area (Å²) in [6.07, 6.45) is 6.67. The van der Waals surface area contributed by atoms with Crippen LogP contribution in [0.3, 0.4) is 0 Å². The van der Waals surface area contributed by atoms with Crippen LogP contribution < -0.4 is 0 Å². The molecule has 1 nitrogen and oxygen atoms in total. The van der Waals surface area contributed by atoms with Gasteiger partial charge in [-0.15, -0.1) is 0 Å². The number of hydrogen-bond acceptors (Lipinski definition) is 1. The van der Waals surface area contributed by atoms with Crippen LogP contribution in [0.2, 0.25) is 18.1 Å². The molecule has 1 rings (SSSR count). The van der Waals surface area contributed by atoms with Gasteiger partial charge in [-0.25, -0.2) is 0 Å². The van der Waals surface area contributed by atoms with Gasteiger partial charge in [-0.3, -0.25) is 0 Å². The minimum absolute atomic E-state index is 0.348. The maximum atomic E-state index is 6.34. The number of unbranched alkanes of at least 4 members (excludes halogenated alkanes) is 1. The van der Waals surface area contributed by atoms with E-state index in [-0.39, 0.29) is 0 Å². The minimum Gasteiger partial charge on any atom is -0.378 e. The molecule has 1 saturated heterocycles. The van der Waals surface area contributed by atoms with Crippen LogP contribution >= 0.6 is 0 Å². The quantitative estimate of drug-likeness (QED) is 0.584. The Morgan fingerprint density at radius 3 is 2.06 bits per heavy atom. The van der Waals surface area contributed by atoms with E-state index in [4.69, 9.17) is 4.74 Å². The highest BCUT2D eigenvalue weighted by molar-refractivity contribution is 6.82. The summed E-state index contributed by atoms with van der Waals surface area (Å²) in [6, 6.07) is 4.22. The van der Waals surface area contributed by atoms with E-state index in [0.29, 0.717) is 5.22 Å². The molecule has 0 aromatic carbocycles. The predicted octanol–water partition coefficient (Wildman–Crippen LogP) is 4.77. The van der Waals surface area contributed by atoms with E-state index in [1.165, 1.54) is 50.2 Å². The molecule has 0 amide bonds. The molecule has 0 aromatic heterocycles. The molecule has 1 aliphatic rings. The summed E-state index contributed by atoms with van der Waals surface area (Å²) >= 11 is 0. The van der Waals surface area contributed by atoms with Gasteiger partial charge in [0.05, 0.1) is 13.3 Å². The van der Waals surface area contributed by atoms with Gasteiger partial charge >= 0.3 is 0 Å². The Labute approximate surface area is 103 Å². The SMILES string of the molecule is CCCCC1([Si](CC)(CC)CC)CCCO1. The van der Waals surface area contributed by atoms with Gasteiger partial charge in [0.2, 0.25) is 0 Å². The second kappa shape index (κ2) is 6.20. The lowest BCUT2D eigenvalue weighted by molar-refractivity contribution is 0.0534. The predicted molar refractivity (Wildman–Crippen MR) is 74.6 cm³/mol. The monoisotopic (exact) mass is 242 g/mol. The van der Waals surface area contributed by atoms with Gasteiger partial charge in [0.1, 0.15) is 0 Å².